The number of benzene rings is 1. The van der Waals surface area contributed by atoms with Crippen molar-refractivity contribution in [1.82, 2.24) is 14.7 Å². The van der Waals surface area contributed by atoms with Crippen LogP contribution in [0.3, 0.4) is 0 Å². The van der Waals surface area contributed by atoms with Crippen LogP contribution in [0.15, 0.2) is 40.1 Å². The van der Waals surface area contributed by atoms with Crippen molar-refractivity contribution in [2.75, 3.05) is 31.9 Å². The Morgan fingerprint density at radius 1 is 1.19 bits per heavy atom. The summed E-state index contributed by atoms with van der Waals surface area (Å²) in [4.78, 5) is 20.2. The van der Waals surface area contributed by atoms with Crippen molar-refractivity contribution in [3.63, 3.8) is 0 Å². The van der Waals surface area contributed by atoms with E-state index in [2.05, 4.69) is 15.3 Å². The quantitative estimate of drug-likeness (QED) is 0.541. The molecule has 2 aromatic rings. The van der Waals surface area contributed by atoms with Gasteiger partial charge in [0.25, 0.3) is 10.0 Å². The fourth-order valence-corrected chi connectivity index (χ4v) is 4.12. The van der Waals surface area contributed by atoms with Gasteiger partial charge < -0.3 is 14.6 Å². The zero-order valence-electron chi connectivity index (χ0n) is 14.5. The van der Waals surface area contributed by atoms with Crippen LogP contribution in [0.25, 0.3) is 0 Å². The molecule has 0 atom stereocenters. The highest BCUT2D eigenvalue weighted by Gasteiger charge is 2.22. The molecule has 0 saturated heterocycles. The molecule has 27 heavy (non-hydrogen) atoms. The minimum atomic E-state index is -4.15. The number of hydrogen-bond acceptors (Lipinski definition) is 9. The first kappa shape index (κ1) is 20.7. The van der Waals surface area contributed by atoms with E-state index in [0.29, 0.717) is 10.6 Å². The molecule has 2 amide bonds. The summed E-state index contributed by atoms with van der Waals surface area (Å²) in [7, 11) is -1.41. The average molecular weight is 414 g/mol. The number of nitrogens with one attached hydrogen (secondary N) is 2. The Hall–Kier alpha value is -2.57. The number of carbonyl (C=O) groups is 1. The molecule has 3 N–H and O–H groups in total. The van der Waals surface area contributed by atoms with Gasteiger partial charge in [0.15, 0.2) is 0 Å². The van der Waals surface area contributed by atoms with Crippen molar-refractivity contribution in [2.45, 2.75) is 9.79 Å². The highest BCUT2D eigenvalue weighted by atomic mass is 32.2. The van der Waals surface area contributed by atoms with Gasteiger partial charge >= 0.3 is 6.03 Å². The van der Waals surface area contributed by atoms with Crippen molar-refractivity contribution in [3.8, 4) is 11.8 Å². The maximum absolute atomic E-state index is 12.5. The summed E-state index contributed by atoms with van der Waals surface area (Å²) < 4.78 is 36.9. The number of carbonyl (C=O) groups excluding carboxylic acids is 1. The number of nitrogens with zero attached hydrogens (tertiary/aromatic N) is 2. The number of anilines is 1. The number of aliphatic hydroxyl groups excluding tert-OH is 1. The fraction of sp³-hybridized carbons (Fsp3) is 0.267. The van der Waals surface area contributed by atoms with Gasteiger partial charge in [-0.25, -0.2) is 17.9 Å². The monoisotopic (exact) mass is 414 g/mol. The topological polar surface area (TPSA) is 140 Å². The van der Waals surface area contributed by atoms with E-state index in [1.165, 1.54) is 32.4 Å². The predicted octanol–water partition coefficient (Wildman–Crippen LogP) is 1.09. The first-order valence-corrected chi connectivity index (χ1v) is 10.00. The van der Waals surface area contributed by atoms with Crippen LogP contribution in [-0.2, 0) is 10.0 Å². The number of thioether (sulfide) groups is 1. The van der Waals surface area contributed by atoms with E-state index in [1.54, 1.807) is 12.1 Å². The largest absolute Gasteiger partial charge is 0.481 e. The molecule has 10 nitrogen and oxygen atoms in total. The molecule has 0 fully saturated rings. The first-order chi connectivity index (χ1) is 12.9. The lowest BCUT2D eigenvalue weighted by atomic mass is 10.4. The summed E-state index contributed by atoms with van der Waals surface area (Å²) >= 11 is 1.16. The number of sulfonamides is 1. The van der Waals surface area contributed by atoms with Crippen molar-refractivity contribution in [2.24, 2.45) is 0 Å². The fourth-order valence-electron chi connectivity index (χ4n) is 1.92. The van der Waals surface area contributed by atoms with Gasteiger partial charge in [0, 0.05) is 10.6 Å². The number of hydrogen-bond donors (Lipinski definition) is 3. The summed E-state index contributed by atoms with van der Waals surface area (Å²) in [5, 5.41) is 11.2. The van der Waals surface area contributed by atoms with E-state index in [-0.39, 0.29) is 29.2 Å². The molecule has 12 heteroatoms. The summed E-state index contributed by atoms with van der Waals surface area (Å²) in [6, 6.07) is 6.49. The third-order valence-corrected chi connectivity index (χ3v) is 5.61. The lowest BCUT2D eigenvalue weighted by Crippen LogP contribution is -2.35. The maximum Gasteiger partial charge on any atom is 0.335 e. The van der Waals surface area contributed by atoms with Crippen LogP contribution in [-0.4, -0.2) is 56.1 Å². The van der Waals surface area contributed by atoms with Crippen molar-refractivity contribution in [3.05, 3.63) is 30.3 Å². The number of rotatable bonds is 8. The average Bonchev–Trinajstić information content (AvgIpc) is 2.65. The molecule has 1 aromatic heterocycles. The molecule has 0 aliphatic heterocycles. The summed E-state index contributed by atoms with van der Waals surface area (Å²) in [6.07, 6.45) is 0. The van der Waals surface area contributed by atoms with Gasteiger partial charge in [-0.2, -0.15) is 9.97 Å². The van der Waals surface area contributed by atoms with E-state index in [1.807, 2.05) is 4.72 Å². The highest BCUT2D eigenvalue weighted by molar-refractivity contribution is 8.00. The van der Waals surface area contributed by atoms with Gasteiger partial charge in [-0.05, 0) is 12.1 Å². The Balaban J connectivity index is 2.18. The summed E-state index contributed by atoms with van der Waals surface area (Å²) in [5.74, 6) is 0.384. The van der Waals surface area contributed by atoms with Crippen LogP contribution in [0.4, 0.5) is 10.7 Å². The number of amides is 2. The van der Waals surface area contributed by atoms with Crippen LogP contribution in [0.2, 0.25) is 0 Å². The number of aliphatic hydroxyl groups is 1. The number of methoxy groups -OCH3 is 2. The van der Waals surface area contributed by atoms with E-state index in [0.717, 1.165) is 11.8 Å². The van der Waals surface area contributed by atoms with Crippen LogP contribution >= 0.6 is 11.8 Å². The molecule has 0 saturated carbocycles. The minimum Gasteiger partial charge on any atom is -0.481 e. The van der Waals surface area contributed by atoms with Gasteiger partial charge in [0.1, 0.15) is 4.90 Å². The number of aromatic nitrogens is 2. The molecule has 0 bridgehead atoms. The standard InChI is InChI=1S/C15H18N4O6S2/c1-24-12-9-13(25-2)17-14(16-12)18-15(21)19-27(22,23)11-6-4-3-5-10(11)26-8-7-20/h3-6,9,20H,7-8H2,1-2H3,(H2,16,17,18,19,21). The minimum absolute atomic E-state index is 0.0808. The number of urea groups is 1. The molecule has 0 aliphatic carbocycles. The lowest BCUT2D eigenvalue weighted by Gasteiger charge is -2.12. The molecular weight excluding hydrogens is 396 g/mol. The molecule has 0 aliphatic rings. The molecule has 0 spiro atoms. The smallest absolute Gasteiger partial charge is 0.335 e. The third-order valence-electron chi connectivity index (χ3n) is 3.04. The molecule has 0 unspecified atom stereocenters. The van der Waals surface area contributed by atoms with Gasteiger partial charge in [-0.1, -0.05) is 12.1 Å². The molecule has 0 radical (unpaired) electrons. The van der Waals surface area contributed by atoms with Crippen LogP contribution in [0.5, 0.6) is 11.8 Å². The van der Waals surface area contributed by atoms with Crippen molar-refractivity contribution < 1.29 is 27.8 Å². The van der Waals surface area contributed by atoms with E-state index in [9.17, 15) is 13.2 Å². The molecule has 1 heterocycles. The van der Waals surface area contributed by atoms with Gasteiger partial charge in [0.05, 0.1) is 26.9 Å². The summed E-state index contributed by atoms with van der Waals surface area (Å²) in [5.41, 5.74) is 0. The maximum atomic E-state index is 12.5. The number of ether oxygens (including phenoxy) is 2. The Kier molecular flexibility index (Phi) is 7.21. The molecule has 1 aromatic carbocycles. The van der Waals surface area contributed by atoms with Crippen molar-refractivity contribution >= 4 is 33.8 Å². The molecule has 146 valence electrons. The Morgan fingerprint density at radius 3 is 2.41 bits per heavy atom. The SMILES string of the molecule is COc1cc(OC)nc(NC(=O)NS(=O)(=O)c2ccccc2SCCO)n1. The second-order valence-electron chi connectivity index (χ2n) is 4.85. The second kappa shape index (κ2) is 9.39. The Morgan fingerprint density at radius 2 is 1.81 bits per heavy atom. The van der Waals surface area contributed by atoms with Gasteiger partial charge in [-0.3, -0.25) is 5.32 Å². The third kappa shape index (κ3) is 5.70. The Bertz CT molecular complexity index is 885. The first-order valence-electron chi connectivity index (χ1n) is 7.53. The predicted molar refractivity (Wildman–Crippen MR) is 98.7 cm³/mol. The van der Waals surface area contributed by atoms with Crippen LogP contribution in [0, 0.1) is 0 Å². The summed E-state index contributed by atoms with van der Waals surface area (Å²) in [6.45, 7) is -0.109. The van der Waals surface area contributed by atoms with Crippen molar-refractivity contribution in [1.29, 1.82) is 0 Å². The van der Waals surface area contributed by atoms with E-state index in [4.69, 9.17) is 14.6 Å². The van der Waals surface area contributed by atoms with E-state index < -0.39 is 16.1 Å². The highest BCUT2D eigenvalue weighted by Crippen LogP contribution is 2.26. The molecular formula is C15H18N4O6S2. The lowest BCUT2D eigenvalue weighted by molar-refractivity contribution is 0.256. The zero-order valence-corrected chi connectivity index (χ0v) is 16.1. The normalized spacial score (nSPS) is 10.9. The Labute approximate surface area is 160 Å². The molecule has 2 rings (SSSR count). The zero-order chi connectivity index (χ0) is 19.9. The second-order valence-corrected chi connectivity index (χ2v) is 7.64. The van der Waals surface area contributed by atoms with Gasteiger partial charge in [0.2, 0.25) is 17.7 Å². The van der Waals surface area contributed by atoms with Gasteiger partial charge in [-0.15, -0.1) is 11.8 Å². The van der Waals surface area contributed by atoms with E-state index >= 15 is 0 Å². The van der Waals surface area contributed by atoms with Crippen LogP contribution in [0.1, 0.15) is 0 Å². The van der Waals surface area contributed by atoms with Crippen LogP contribution < -0.4 is 19.5 Å².